The fourth-order valence-corrected chi connectivity index (χ4v) is 3.65. The molecule has 1 N–H and O–H groups in total. The average molecular weight is 323 g/mol. The minimum absolute atomic E-state index is 0.501. The number of fused-ring (bicyclic) bond motifs is 1. The molecule has 19 heavy (non-hydrogen) atoms. The second-order valence-corrected chi connectivity index (χ2v) is 6.64. The van der Waals surface area contributed by atoms with E-state index in [-0.39, 0.29) is 0 Å². The summed E-state index contributed by atoms with van der Waals surface area (Å²) in [6.07, 6.45) is 9.44. The molecule has 0 saturated heterocycles. The standard InChI is InChI=1S/C14H19BrN4/c1-9-5-10(2)7-11(6-9)17-13-14-16-3-4-19(14)8-12(15)18-13/h3-4,8-11H,5-7H2,1-2H3,(H,17,18). The summed E-state index contributed by atoms with van der Waals surface area (Å²) in [7, 11) is 0. The van der Waals surface area contributed by atoms with Crippen molar-refractivity contribution < 1.29 is 0 Å². The molecule has 4 nitrogen and oxygen atoms in total. The highest BCUT2D eigenvalue weighted by Crippen LogP contribution is 2.31. The van der Waals surface area contributed by atoms with Crippen molar-refractivity contribution in [1.29, 1.82) is 0 Å². The minimum atomic E-state index is 0.501. The molecule has 2 heterocycles. The molecule has 1 aliphatic carbocycles. The van der Waals surface area contributed by atoms with E-state index in [4.69, 9.17) is 0 Å². The highest BCUT2D eigenvalue weighted by atomic mass is 79.9. The molecule has 0 amide bonds. The Morgan fingerprint density at radius 3 is 2.74 bits per heavy atom. The van der Waals surface area contributed by atoms with E-state index in [1.165, 1.54) is 19.3 Å². The molecule has 2 unspecified atom stereocenters. The Morgan fingerprint density at radius 2 is 2.00 bits per heavy atom. The fraction of sp³-hybridized carbons (Fsp3) is 0.571. The summed E-state index contributed by atoms with van der Waals surface area (Å²) in [5.41, 5.74) is 0.897. The van der Waals surface area contributed by atoms with Crippen molar-refractivity contribution in [2.75, 3.05) is 5.32 Å². The first-order valence-electron chi connectivity index (χ1n) is 6.87. The first-order valence-corrected chi connectivity index (χ1v) is 7.67. The lowest BCUT2D eigenvalue weighted by Gasteiger charge is -2.32. The maximum atomic E-state index is 4.54. The van der Waals surface area contributed by atoms with Crippen LogP contribution in [0.2, 0.25) is 0 Å². The predicted molar refractivity (Wildman–Crippen MR) is 80.3 cm³/mol. The summed E-state index contributed by atoms with van der Waals surface area (Å²) in [6, 6.07) is 0.501. The number of aromatic nitrogens is 3. The Labute approximate surface area is 121 Å². The van der Waals surface area contributed by atoms with Gasteiger partial charge >= 0.3 is 0 Å². The van der Waals surface area contributed by atoms with Crippen LogP contribution in [-0.2, 0) is 0 Å². The van der Waals surface area contributed by atoms with E-state index < -0.39 is 0 Å². The Morgan fingerprint density at radius 1 is 1.26 bits per heavy atom. The van der Waals surface area contributed by atoms with Crippen LogP contribution in [0.25, 0.3) is 5.65 Å². The topological polar surface area (TPSA) is 42.2 Å². The Bertz CT molecular complexity index is 570. The van der Waals surface area contributed by atoms with Gasteiger partial charge in [-0.1, -0.05) is 13.8 Å². The zero-order valence-electron chi connectivity index (χ0n) is 11.3. The fourth-order valence-electron chi connectivity index (χ4n) is 3.26. The molecular formula is C14H19BrN4. The molecule has 0 spiro atoms. The van der Waals surface area contributed by atoms with Crippen molar-refractivity contribution in [2.45, 2.75) is 39.2 Å². The van der Waals surface area contributed by atoms with Crippen molar-refractivity contribution in [2.24, 2.45) is 11.8 Å². The van der Waals surface area contributed by atoms with Crippen molar-refractivity contribution in [1.82, 2.24) is 14.4 Å². The molecule has 0 bridgehead atoms. The first kappa shape index (κ1) is 12.9. The van der Waals surface area contributed by atoms with Gasteiger partial charge in [0, 0.05) is 24.6 Å². The van der Waals surface area contributed by atoms with Gasteiger partial charge in [0.15, 0.2) is 11.5 Å². The van der Waals surface area contributed by atoms with Gasteiger partial charge in [-0.3, -0.25) is 0 Å². The number of hydrogen-bond acceptors (Lipinski definition) is 3. The van der Waals surface area contributed by atoms with Crippen LogP contribution in [0.1, 0.15) is 33.1 Å². The van der Waals surface area contributed by atoms with Gasteiger partial charge in [0.2, 0.25) is 0 Å². The lowest BCUT2D eigenvalue weighted by molar-refractivity contribution is 0.280. The first-order chi connectivity index (χ1) is 9.11. The third kappa shape index (κ3) is 2.76. The molecule has 1 aliphatic rings. The maximum absolute atomic E-state index is 4.54. The van der Waals surface area contributed by atoms with Gasteiger partial charge in [-0.15, -0.1) is 0 Å². The van der Waals surface area contributed by atoms with Gasteiger partial charge in [0.25, 0.3) is 0 Å². The van der Waals surface area contributed by atoms with Crippen LogP contribution in [-0.4, -0.2) is 20.4 Å². The van der Waals surface area contributed by atoms with Crippen LogP contribution in [0, 0.1) is 11.8 Å². The molecule has 1 saturated carbocycles. The molecular weight excluding hydrogens is 304 g/mol. The number of rotatable bonds is 2. The smallest absolute Gasteiger partial charge is 0.180 e. The number of imidazole rings is 1. The SMILES string of the molecule is CC1CC(C)CC(Nc2nc(Br)cn3ccnc23)C1. The van der Waals surface area contributed by atoms with E-state index in [1.54, 1.807) is 6.20 Å². The van der Waals surface area contributed by atoms with Gasteiger partial charge in [0.1, 0.15) is 4.60 Å². The van der Waals surface area contributed by atoms with Gasteiger partial charge in [-0.05, 0) is 47.0 Å². The van der Waals surface area contributed by atoms with Crippen molar-refractivity contribution >= 4 is 27.4 Å². The molecule has 2 atom stereocenters. The number of anilines is 1. The van der Waals surface area contributed by atoms with Gasteiger partial charge in [-0.2, -0.15) is 0 Å². The van der Waals surface area contributed by atoms with E-state index in [0.717, 1.165) is 27.9 Å². The Kier molecular flexibility index (Phi) is 3.48. The van der Waals surface area contributed by atoms with E-state index in [1.807, 2.05) is 16.8 Å². The van der Waals surface area contributed by atoms with Crippen LogP contribution < -0.4 is 5.32 Å². The Balaban J connectivity index is 1.86. The molecule has 3 rings (SSSR count). The second-order valence-electron chi connectivity index (χ2n) is 5.83. The van der Waals surface area contributed by atoms with Gasteiger partial charge in [0.05, 0.1) is 0 Å². The molecule has 1 fully saturated rings. The molecule has 0 aromatic carbocycles. The highest BCUT2D eigenvalue weighted by molar-refractivity contribution is 9.10. The van der Waals surface area contributed by atoms with Crippen LogP contribution >= 0.6 is 15.9 Å². The lowest BCUT2D eigenvalue weighted by Crippen LogP contribution is -2.30. The van der Waals surface area contributed by atoms with Crippen LogP contribution in [0.5, 0.6) is 0 Å². The van der Waals surface area contributed by atoms with Crippen molar-refractivity contribution in [3.63, 3.8) is 0 Å². The van der Waals surface area contributed by atoms with E-state index in [2.05, 4.69) is 45.1 Å². The van der Waals surface area contributed by atoms with E-state index in [9.17, 15) is 0 Å². The quantitative estimate of drug-likeness (QED) is 0.916. The molecule has 0 radical (unpaired) electrons. The highest BCUT2D eigenvalue weighted by Gasteiger charge is 2.24. The Hall–Kier alpha value is -1.10. The van der Waals surface area contributed by atoms with Crippen LogP contribution in [0.3, 0.4) is 0 Å². The van der Waals surface area contributed by atoms with E-state index >= 15 is 0 Å². The third-order valence-electron chi connectivity index (χ3n) is 3.86. The number of halogens is 1. The molecule has 2 aromatic rings. The summed E-state index contributed by atoms with van der Waals surface area (Å²) in [4.78, 5) is 8.92. The van der Waals surface area contributed by atoms with Crippen LogP contribution in [0.15, 0.2) is 23.2 Å². The molecule has 0 aliphatic heterocycles. The monoisotopic (exact) mass is 322 g/mol. The molecule has 2 aromatic heterocycles. The summed E-state index contributed by atoms with van der Waals surface area (Å²) < 4.78 is 2.83. The summed E-state index contributed by atoms with van der Waals surface area (Å²) in [6.45, 7) is 4.67. The lowest BCUT2D eigenvalue weighted by atomic mass is 9.80. The van der Waals surface area contributed by atoms with Gasteiger partial charge in [-0.25, -0.2) is 9.97 Å². The zero-order chi connectivity index (χ0) is 13.4. The molecule has 102 valence electrons. The van der Waals surface area contributed by atoms with Crippen molar-refractivity contribution in [3.8, 4) is 0 Å². The number of hydrogen-bond donors (Lipinski definition) is 1. The normalized spacial score (nSPS) is 27.6. The summed E-state index contributed by atoms with van der Waals surface area (Å²) in [5.74, 6) is 2.44. The third-order valence-corrected chi connectivity index (χ3v) is 4.25. The average Bonchev–Trinajstić information content (AvgIpc) is 2.75. The predicted octanol–water partition coefficient (Wildman–Crippen LogP) is 3.73. The summed E-state index contributed by atoms with van der Waals surface area (Å²) in [5, 5.41) is 3.59. The maximum Gasteiger partial charge on any atom is 0.180 e. The second kappa shape index (κ2) is 5.12. The number of nitrogens with one attached hydrogen (secondary N) is 1. The van der Waals surface area contributed by atoms with Crippen molar-refractivity contribution in [3.05, 3.63) is 23.2 Å². The summed E-state index contributed by atoms with van der Waals surface area (Å²) >= 11 is 3.46. The molecule has 5 heteroatoms. The largest absolute Gasteiger partial charge is 0.364 e. The number of nitrogens with zero attached hydrogens (tertiary/aromatic N) is 3. The van der Waals surface area contributed by atoms with Crippen LogP contribution in [0.4, 0.5) is 5.82 Å². The van der Waals surface area contributed by atoms with Gasteiger partial charge < -0.3 is 9.72 Å². The minimum Gasteiger partial charge on any atom is -0.364 e. The zero-order valence-corrected chi connectivity index (χ0v) is 12.9. The van der Waals surface area contributed by atoms with E-state index in [0.29, 0.717) is 6.04 Å².